The van der Waals surface area contributed by atoms with E-state index in [2.05, 4.69) is 45.7 Å². The fourth-order valence-corrected chi connectivity index (χ4v) is 3.22. The SMILES string of the molecule is CC[C@@H](C)Sc1ncc(CN(C)Cc2cnc3ccccc3n2)cn1. The van der Waals surface area contributed by atoms with Crippen LogP contribution in [0.15, 0.2) is 48.0 Å². The number of fused-ring (bicyclic) bond motifs is 1. The smallest absolute Gasteiger partial charge is 0.187 e. The second kappa shape index (κ2) is 8.36. The molecule has 130 valence electrons. The van der Waals surface area contributed by atoms with Gasteiger partial charge in [-0.15, -0.1) is 0 Å². The van der Waals surface area contributed by atoms with Gasteiger partial charge in [0.2, 0.25) is 0 Å². The monoisotopic (exact) mass is 353 g/mol. The van der Waals surface area contributed by atoms with Gasteiger partial charge in [0.25, 0.3) is 0 Å². The third kappa shape index (κ3) is 4.96. The molecule has 0 spiro atoms. The summed E-state index contributed by atoms with van der Waals surface area (Å²) >= 11 is 1.72. The van der Waals surface area contributed by atoms with Crippen LogP contribution in [0.4, 0.5) is 0 Å². The molecule has 0 fully saturated rings. The third-order valence-corrected chi connectivity index (χ3v) is 5.10. The Balaban J connectivity index is 1.60. The predicted octanol–water partition coefficient (Wildman–Crippen LogP) is 3.94. The van der Waals surface area contributed by atoms with Crippen molar-refractivity contribution in [2.75, 3.05) is 7.05 Å². The molecule has 0 unspecified atom stereocenters. The lowest BCUT2D eigenvalue weighted by Gasteiger charge is -2.16. The first kappa shape index (κ1) is 17.8. The molecule has 1 atom stereocenters. The Hall–Kier alpha value is -2.05. The quantitative estimate of drug-likeness (QED) is 0.474. The van der Waals surface area contributed by atoms with Gasteiger partial charge in [-0.3, -0.25) is 9.88 Å². The maximum atomic E-state index is 4.67. The molecular weight excluding hydrogens is 330 g/mol. The number of aromatic nitrogens is 4. The highest BCUT2D eigenvalue weighted by Gasteiger charge is 2.07. The molecule has 0 amide bonds. The molecule has 3 aromatic rings. The zero-order valence-electron chi connectivity index (χ0n) is 14.9. The van der Waals surface area contributed by atoms with Crippen molar-refractivity contribution in [3.8, 4) is 0 Å². The van der Waals surface area contributed by atoms with E-state index in [4.69, 9.17) is 0 Å². The zero-order chi connectivity index (χ0) is 17.6. The van der Waals surface area contributed by atoms with E-state index in [1.54, 1.807) is 11.8 Å². The Morgan fingerprint density at radius 2 is 1.72 bits per heavy atom. The van der Waals surface area contributed by atoms with Crippen LogP contribution in [-0.4, -0.2) is 37.1 Å². The Labute approximate surface area is 152 Å². The van der Waals surface area contributed by atoms with E-state index in [9.17, 15) is 0 Å². The summed E-state index contributed by atoms with van der Waals surface area (Å²) in [5.74, 6) is 0. The number of hydrogen-bond donors (Lipinski definition) is 0. The summed E-state index contributed by atoms with van der Waals surface area (Å²) in [6, 6.07) is 7.94. The van der Waals surface area contributed by atoms with Crippen LogP contribution >= 0.6 is 11.8 Å². The van der Waals surface area contributed by atoms with Gasteiger partial charge in [-0.1, -0.05) is 37.7 Å². The molecule has 0 aliphatic carbocycles. The summed E-state index contributed by atoms with van der Waals surface area (Å²) in [6.45, 7) is 5.89. The average molecular weight is 353 g/mol. The second-order valence-electron chi connectivity index (χ2n) is 6.23. The van der Waals surface area contributed by atoms with E-state index in [1.165, 1.54) is 0 Å². The zero-order valence-corrected chi connectivity index (χ0v) is 15.7. The van der Waals surface area contributed by atoms with Crippen molar-refractivity contribution in [1.29, 1.82) is 0 Å². The molecule has 0 saturated carbocycles. The number of thioether (sulfide) groups is 1. The van der Waals surface area contributed by atoms with Gasteiger partial charge in [-0.05, 0) is 25.6 Å². The van der Waals surface area contributed by atoms with E-state index < -0.39 is 0 Å². The minimum absolute atomic E-state index is 0.542. The van der Waals surface area contributed by atoms with Crippen molar-refractivity contribution in [3.63, 3.8) is 0 Å². The molecular formula is C19H23N5S. The summed E-state index contributed by atoms with van der Waals surface area (Å²) in [6.07, 6.45) is 6.80. The number of nitrogens with zero attached hydrogens (tertiary/aromatic N) is 5. The Kier molecular flexibility index (Phi) is 5.94. The first-order valence-corrected chi connectivity index (χ1v) is 9.38. The lowest BCUT2D eigenvalue weighted by molar-refractivity contribution is 0.314. The molecule has 0 N–H and O–H groups in total. The third-order valence-electron chi connectivity index (χ3n) is 3.95. The van der Waals surface area contributed by atoms with Crippen LogP contribution in [0.5, 0.6) is 0 Å². The van der Waals surface area contributed by atoms with Crippen molar-refractivity contribution in [3.05, 3.63) is 54.1 Å². The molecule has 0 aliphatic heterocycles. The maximum Gasteiger partial charge on any atom is 0.187 e. The number of rotatable bonds is 7. The van der Waals surface area contributed by atoms with E-state index >= 15 is 0 Å². The number of benzene rings is 1. The van der Waals surface area contributed by atoms with Crippen molar-refractivity contribution in [1.82, 2.24) is 24.8 Å². The molecule has 5 nitrogen and oxygen atoms in total. The summed E-state index contributed by atoms with van der Waals surface area (Å²) in [5.41, 5.74) is 3.93. The fourth-order valence-electron chi connectivity index (χ4n) is 2.46. The van der Waals surface area contributed by atoms with Crippen LogP contribution in [0.25, 0.3) is 11.0 Å². The van der Waals surface area contributed by atoms with Crippen LogP contribution in [0.3, 0.4) is 0 Å². The van der Waals surface area contributed by atoms with Gasteiger partial charge >= 0.3 is 0 Å². The van der Waals surface area contributed by atoms with E-state index in [0.717, 1.165) is 47.0 Å². The van der Waals surface area contributed by atoms with Crippen molar-refractivity contribution in [2.45, 2.75) is 43.8 Å². The van der Waals surface area contributed by atoms with Crippen molar-refractivity contribution >= 4 is 22.8 Å². The summed E-state index contributed by atoms with van der Waals surface area (Å²) in [4.78, 5) is 20.3. The first-order chi connectivity index (χ1) is 12.1. The largest absolute Gasteiger partial charge is 0.296 e. The first-order valence-electron chi connectivity index (χ1n) is 8.51. The van der Waals surface area contributed by atoms with Gasteiger partial charge in [0.05, 0.1) is 22.9 Å². The van der Waals surface area contributed by atoms with Crippen LogP contribution < -0.4 is 0 Å². The minimum atomic E-state index is 0.542. The Bertz CT molecular complexity index is 821. The van der Waals surface area contributed by atoms with Crippen molar-refractivity contribution in [2.24, 2.45) is 0 Å². The van der Waals surface area contributed by atoms with Crippen molar-refractivity contribution < 1.29 is 0 Å². The maximum absolute atomic E-state index is 4.67. The van der Waals surface area contributed by atoms with E-state index in [1.807, 2.05) is 42.9 Å². The highest BCUT2D eigenvalue weighted by atomic mass is 32.2. The molecule has 25 heavy (non-hydrogen) atoms. The predicted molar refractivity (Wildman–Crippen MR) is 102 cm³/mol. The van der Waals surface area contributed by atoms with Crippen LogP contribution in [0.1, 0.15) is 31.5 Å². The Morgan fingerprint density at radius 3 is 2.44 bits per heavy atom. The molecule has 2 aromatic heterocycles. The number of hydrogen-bond acceptors (Lipinski definition) is 6. The molecule has 3 rings (SSSR count). The van der Waals surface area contributed by atoms with Gasteiger partial charge in [-0.2, -0.15) is 0 Å². The molecule has 0 aliphatic rings. The van der Waals surface area contributed by atoms with Crippen LogP contribution in [-0.2, 0) is 13.1 Å². The number of para-hydroxylation sites is 2. The Morgan fingerprint density at radius 1 is 1.00 bits per heavy atom. The lowest BCUT2D eigenvalue weighted by atomic mass is 10.3. The van der Waals surface area contributed by atoms with Gasteiger partial charge in [0.15, 0.2) is 5.16 Å². The second-order valence-corrected chi connectivity index (χ2v) is 7.64. The topological polar surface area (TPSA) is 54.8 Å². The molecule has 0 radical (unpaired) electrons. The highest BCUT2D eigenvalue weighted by Crippen LogP contribution is 2.21. The summed E-state index contributed by atoms with van der Waals surface area (Å²) in [7, 11) is 2.07. The minimum Gasteiger partial charge on any atom is -0.296 e. The van der Waals surface area contributed by atoms with Gasteiger partial charge < -0.3 is 0 Å². The van der Waals surface area contributed by atoms with Crippen LogP contribution in [0.2, 0.25) is 0 Å². The van der Waals surface area contributed by atoms with Crippen LogP contribution in [0, 0.1) is 0 Å². The molecule has 0 saturated heterocycles. The fraction of sp³-hybridized carbons (Fsp3) is 0.368. The van der Waals surface area contributed by atoms with Gasteiger partial charge in [0, 0.05) is 36.3 Å². The summed E-state index contributed by atoms with van der Waals surface area (Å²) in [5, 5.41) is 1.39. The lowest BCUT2D eigenvalue weighted by Crippen LogP contribution is -2.18. The standard InChI is InChI=1S/C19H23N5S/c1-4-14(2)25-19-21-9-15(10-22-19)12-24(3)13-16-11-20-17-7-5-6-8-18(17)23-16/h5-11,14H,4,12-13H2,1-3H3/t14-/m1/s1. The average Bonchev–Trinajstić information content (AvgIpc) is 2.63. The van der Waals surface area contributed by atoms with Gasteiger partial charge in [0.1, 0.15) is 0 Å². The highest BCUT2D eigenvalue weighted by molar-refractivity contribution is 7.99. The van der Waals surface area contributed by atoms with E-state index in [-0.39, 0.29) is 0 Å². The summed E-state index contributed by atoms with van der Waals surface area (Å²) < 4.78 is 0. The normalized spacial score (nSPS) is 12.6. The molecule has 6 heteroatoms. The molecule has 2 heterocycles. The van der Waals surface area contributed by atoms with Gasteiger partial charge in [-0.25, -0.2) is 15.0 Å². The molecule has 0 bridgehead atoms. The molecule has 1 aromatic carbocycles. The van der Waals surface area contributed by atoms with E-state index in [0.29, 0.717) is 5.25 Å².